The number of rotatable bonds is 3. The van der Waals surface area contributed by atoms with Gasteiger partial charge in [0.2, 0.25) is 5.89 Å². The van der Waals surface area contributed by atoms with E-state index in [4.69, 9.17) is 16.1 Å². The molecule has 0 saturated carbocycles. The minimum atomic E-state index is -0.147. The van der Waals surface area contributed by atoms with Crippen LogP contribution in [0.1, 0.15) is 23.9 Å². The van der Waals surface area contributed by atoms with Crippen molar-refractivity contribution in [3.8, 4) is 0 Å². The first-order valence-electron chi connectivity index (χ1n) is 4.05. The lowest BCUT2D eigenvalue weighted by molar-refractivity contribution is 0.363. The Morgan fingerprint density at radius 2 is 2.50 bits per heavy atom. The Labute approximate surface area is 84.9 Å². The van der Waals surface area contributed by atoms with Gasteiger partial charge in [-0.1, -0.05) is 10.4 Å². The molecule has 2 heterocycles. The number of alkyl halides is 1. The van der Waals surface area contributed by atoms with E-state index < -0.39 is 0 Å². The molecule has 0 aliphatic rings. The van der Waals surface area contributed by atoms with Crippen LogP contribution in [0.5, 0.6) is 0 Å². The topological polar surface area (TPSA) is 69.6 Å². The molecule has 0 saturated heterocycles. The molecule has 1 unspecified atom stereocenters. The van der Waals surface area contributed by atoms with Crippen molar-refractivity contribution in [1.29, 1.82) is 0 Å². The van der Waals surface area contributed by atoms with Crippen LogP contribution < -0.4 is 0 Å². The van der Waals surface area contributed by atoms with Gasteiger partial charge in [-0.25, -0.2) is 4.68 Å². The maximum atomic E-state index is 5.83. The molecule has 0 aliphatic carbocycles. The molecule has 0 amide bonds. The zero-order valence-corrected chi connectivity index (χ0v) is 8.22. The summed E-state index contributed by atoms with van der Waals surface area (Å²) in [7, 11) is 0. The van der Waals surface area contributed by atoms with E-state index in [0.29, 0.717) is 12.4 Å². The Morgan fingerprint density at radius 1 is 1.64 bits per heavy atom. The van der Waals surface area contributed by atoms with Crippen LogP contribution in [-0.4, -0.2) is 25.1 Å². The van der Waals surface area contributed by atoms with Gasteiger partial charge in [0.25, 0.3) is 0 Å². The SMILES string of the molecule is CC(Cl)c1cn(Cc2ncno2)nn1. The summed E-state index contributed by atoms with van der Waals surface area (Å²) in [6, 6.07) is 0. The minimum Gasteiger partial charge on any atom is -0.338 e. The van der Waals surface area contributed by atoms with Gasteiger partial charge >= 0.3 is 0 Å². The third kappa shape index (κ3) is 1.90. The molecule has 7 heteroatoms. The monoisotopic (exact) mass is 213 g/mol. The maximum Gasteiger partial charge on any atom is 0.248 e. The van der Waals surface area contributed by atoms with Crippen molar-refractivity contribution < 1.29 is 4.52 Å². The lowest BCUT2D eigenvalue weighted by atomic mass is 10.4. The van der Waals surface area contributed by atoms with E-state index in [1.165, 1.54) is 6.33 Å². The van der Waals surface area contributed by atoms with Crippen LogP contribution in [-0.2, 0) is 6.54 Å². The van der Waals surface area contributed by atoms with Gasteiger partial charge in [-0.3, -0.25) is 0 Å². The van der Waals surface area contributed by atoms with E-state index in [9.17, 15) is 0 Å². The third-order valence-corrected chi connectivity index (χ3v) is 1.89. The first-order valence-corrected chi connectivity index (χ1v) is 4.49. The molecule has 0 aromatic carbocycles. The molecule has 2 aromatic rings. The van der Waals surface area contributed by atoms with Crippen molar-refractivity contribution >= 4 is 11.6 Å². The molecule has 0 spiro atoms. The normalized spacial score (nSPS) is 13.0. The Hall–Kier alpha value is -1.43. The molecule has 2 aromatic heterocycles. The summed E-state index contributed by atoms with van der Waals surface area (Å²) in [5, 5.41) is 11.1. The van der Waals surface area contributed by atoms with Gasteiger partial charge in [0.05, 0.1) is 11.6 Å². The van der Waals surface area contributed by atoms with Crippen LogP contribution >= 0.6 is 11.6 Å². The van der Waals surface area contributed by atoms with Crippen molar-refractivity contribution in [1.82, 2.24) is 25.1 Å². The minimum absolute atomic E-state index is 0.147. The van der Waals surface area contributed by atoms with E-state index in [0.717, 1.165) is 5.69 Å². The van der Waals surface area contributed by atoms with Crippen LogP contribution in [0.2, 0.25) is 0 Å². The van der Waals surface area contributed by atoms with Crippen LogP contribution in [0.3, 0.4) is 0 Å². The standard InChI is InChI=1S/C7H8ClN5O/c1-5(8)6-2-13(12-11-6)3-7-9-4-10-14-7/h2,4-5H,3H2,1H3. The van der Waals surface area contributed by atoms with Crippen LogP contribution in [0.4, 0.5) is 0 Å². The second-order valence-electron chi connectivity index (χ2n) is 2.79. The second kappa shape index (κ2) is 3.75. The quantitative estimate of drug-likeness (QED) is 0.712. The lowest BCUT2D eigenvalue weighted by Gasteiger charge is -1.93. The highest BCUT2D eigenvalue weighted by Crippen LogP contribution is 2.15. The molecule has 0 aliphatic heterocycles. The first kappa shape index (κ1) is 9.14. The zero-order chi connectivity index (χ0) is 9.97. The number of halogens is 1. The van der Waals surface area contributed by atoms with E-state index in [2.05, 4.69) is 20.5 Å². The highest BCUT2D eigenvalue weighted by Gasteiger charge is 2.08. The van der Waals surface area contributed by atoms with Crippen molar-refractivity contribution in [2.45, 2.75) is 18.8 Å². The van der Waals surface area contributed by atoms with Gasteiger partial charge < -0.3 is 4.52 Å². The maximum absolute atomic E-state index is 5.83. The summed E-state index contributed by atoms with van der Waals surface area (Å²) in [5.74, 6) is 0.490. The highest BCUT2D eigenvalue weighted by atomic mass is 35.5. The molecule has 6 nitrogen and oxygen atoms in total. The lowest BCUT2D eigenvalue weighted by Crippen LogP contribution is -2.00. The van der Waals surface area contributed by atoms with E-state index in [-0.39, 0.29) is 5.38 Å². The summed E-state index contributed by atoms with van der Waals surface area (Å²) < 4.78 is 6.42. The number of aromatic nitrogens is 5. The van der Waals surface area contributed by atoms with Crippen molar-refractivity contribution in [3.63, 3.8) is 0 Å². The van der Waals surface area contributed by atoms with Gasteiger partial charge in [0.15, 0.2) is 6.33 Å². The highest BCUT2D eigenvalue weighted by molar-refractivity contribution is 6.20. The van der Waals surface area contributed by atoms with Crippen LogP contribution in [0.15, 0.2) is 17.0 Å². The van der Waals surface area contributed by atoms with E-state index in [1.54, 1.807) is 10.9 Å². The third-order valence-electron chi connectivity index (χ3n) is 1.67. The molecule has 0 radical (unpaired) electrons. The second-order valence-corrected chi connectivity index (χ2v) is 3.45. The Bertz CT molecular complexity index is 396. The summed E-state index contributed by atoms with van der Waals surface area (Å²) in [6.45, 7) is 2.25. The van der Waals surface area contributed by atoms with E-state index in [1.807, 2.05) is 6.92 Å². The molecule has 0 fully saturated rings. The average molecular weight is 214 g/mol. The Balaban J connectivity index is 2.11. The van der Waals surface area contributed by atoms with E-state index >= 15 is 0 Å². The van der Waals surface area contributed by atoms with Gasteiger partial charge in [-0.15, -0.1) is 16.7 Å². The van der Waals surface area contributed by atoms with Crippen LogP contribution in [0.25, 0.3) is 0 Å². The fourth-order valence-corrected chi connectivity index (χ4v) is 1.08. The zero-order valence-electron chi connectivity index (χ0n) is 7.46. The Kier molecular flexibility index (Phi) is 2.45. The Morgan fingerprint density at radius 3 is 3.07 bits per heavy atom. The van der Waals surface area contributed by atoms with Gasteiger partial charge in [0, 0.05) is 0 Å². The molecule has 0 N–H and O–H groups in total. The molecule has 14 heavy (non-hydrogen) atoms. The summed E-state index contributed by atoms with van der Waals surface area (Å²) in [6.07, 6.45) is 3.10. The molecular weight excluding hydrogens is 206 g/mol. The van der Waals surface area contributed by atoms with Crippen molar-refractivity contribution in [2.24, 2.45) is 0 Å². The first-order chi connectivity index (χ1) is 6.75. The molecular formula is C7H8ClN5O. The summed E-state index contributed by atoms with van der Waals surface area (Å²) >= 11 is 5.83. The van der Waals surface area contributed by atoms with Crippen molar-refractivity contribution in [3.05, 3.63) is 24.1 Å². The smallest absolute Gasteiger partial charge is 0.248 e. The largest absolute Gasteiger partial charge is 0.338 e. The summed E-state index contributed by atoms with van der Waals surface area (Å²) in [5.41, 5.74) is 0.728. The summed E-state index contributed by atoms with van der Waals surface area (Å²) in [4.78, 5) is 3.87. The predicted octanol–water partition coefficient (Wildman–Crippen LogP) is 1.01. The fourth-order valence-electron chi connectivity index (χ4n) is 0.977. The van der Waals surface area contributed by atoms with Crippen LogP contribution in [0, 0.1) is 0 Å². The average Bonchev–Trinajstić information content (AvgIpc) is 2.75. The predicted molar refractivity (Wildman–Crippen MR) is 47.7 cm³/mol. The molecule has 74 valence electrons. The number of hydrogen-bond donors (Lipinski definition) is 0. The fraction of sp³-hybridized carbons (Fsp3) is 0.429. The van der Waals surface area contributed by atoms with Gasteiger partial charge in [0.1, 0.15) is 12.2 Å². The molecule has 1 atom stereocenters. The number of nitrogens with zero attached hydrogens (tertiary/aromatic N) is 5. The van der Waals surface area contributed by atoms with Crippen molar-refractivity contribution in [2.75, 3.05) is 0 Å². The number of hydrogen-bond acceptors (Lipinski definition) is 5. The molecule has 0 bridgehead atoms. The van der Waals surface area contributed by atoms with Gasteiger partial charge in [-0.05, 0) is 6.92 Å². The molecule has 2 rings (SSSR count). The van der Waals surface area contributed by atoms with Gasteiger partial charge in [-0.2, -0.15) is 4.98 Å².